The van der Waals surface area contributed by atoms with E-state index in [2.05, 4.69) is 37.4 Å². The van der Waals surface area contributed by atoms with Gasteiger partial charge in [-0.3, -0.25) is 0 Å². The maximum absolute atomic E-state index is 14.0. The summed E-state index contributed by atoms with van der Waals surface area (Å²) >= 11 is 1.63. The van der Waals surface area contributed by atoms with Gasteiger partial charge in [-0.2, -0.15) is 0 Å². The molecule has 2 aromatic carbocycles. The third-order valence-corrected chi connectivity index (χ3v) is 4.46. The Hall–Kier alpha value is -1.32. The molecule has 0 aromatic heterocycles. The molecule has 0 aliphatic rings. The highest BCUT2D eigenvalue weighted by molar-refractivity contribution is 7.99. The van der Waals surface area contributed by atoms with Gasteiger partial charge in [-0.1, -0.05) is 42.4 Å². The number of halogens is 1. The number of benzene rings is 2. The van der Waals surface area contributed by atoms with Gasteiger partial charge in [-0.05, 0) is 44.2 Å². The smallest absolute Gasteiger partial charge is 0.128 e. The molecule has 2 rings (SSSR count). The minimum Gasteiger partial charge on any atom is -0.313 e. The first-order valence-corrected chi connectivity index (χ1v) is 7.66. The number of hydrogen-bond acceptors (Lipinski definition) is 2. The second kappa shape index (κ2) is 6.91. The van der Waals surface area contributed by atoms with E-state index in [4.69, 9.17) is 0 Å². The van der Waals surface area contributed by atoms with Gasteiger partial charge in [0.05, 0.1) is 0 Å². The second-order valence-corrected chi connectivity index (χ2v) is 5.95. The molecule has 20 heavy (non-hydrogen) atoms. The largest absolute Gasteiger partial charge is 0.313 e. The standard InChI is InChI=1S/C17H20FNS/c1-4-19-11-14-15(18)6-5-7-17(14)20-16-9-8-12(2)10-13(16)3/h5-10,19H,4,11H2,1-3H3. The van der Waals surface area contributed by atoms with Crippen LogP contribution in [0.15, 0.2) is 46.2 Å². The number of rotatable bonds is 5. The minimum absolute atomic E-state index is 0.138. The van der Waals surface area contributed by atoms with E-state index in [0.29, 0.717) is 6.54 Å². The Bertz CT molecular complexity index is 596. The van der Waals surface area contributed by atoms with Crippen LogP contribution < -0.4 is 5.32 Å². The molecule has 0 radical (unpaired) electrons. The Kier molecular flexibility index (Phi) is 5.21. The zero-order valence-corrected chi connectivity index (χ0v) is 13.0. The third kappa shape index (κ3) is 3.62. The van der Waals surface area contributed by atoms with Crippen molar-refractivity contribution in [3.63, 3.8) is 0 Å². The highest BCUT2D eigenvalue weighted by atomic mass is 32.2. The summed E-state index contributed by atoms with van der Waals surface area (Å²) in [5.41, 5.74) is 3.23. The van der Waals surface area contributed by atoms with Crippen molar-refractivity contribution < 1.29 is 4.39 Å². The van der Waals surface area contributed by atoms with Gasteiger partial charge in [0, 0.05) is 21.9 Å². The van der Waals surface area contributed by atoms with Gasteiger partial charge in [-0.25, -0.2) is 4.39 Å². The van der Waals surface area contributed by atoms with Crippen molar-refractivity contribution in [2.75, 3.05) is 6.54 Å². The van der Waals surface area contributed by atoms with E-state index in [0.717, 1.165) is 17.0 Å². The molecule has 0 fully saturated rings. The molecule has 106 valence electrons. The molecule has 1 N–H and O–H groups in total. The maximum atomic E-state index is 14.0. The van der Waals surface area contributed by atoms with Crippen molar-refractivity contribution >= 4 is 11.8 Å². The number of aryl methyl sites for hydroxylation is 2. The Morgan fingerprint density at radius 2 is 1.90 bits per heavy atom. The normalized spacial score (nSPS) is 10.8. The average molecular weight is 289 g/mol. The molecule has 0 saturated carbocycles. The number of hydrogen-bond donors (Lipinski definition) is 1. The minimum atomic E-state index is -0.138. The van der Waals surface area contributed by atoms with Gasteiger partial charge in [0.1, 0.15) is 5.82 Å². The molecule has 3 heteroatoms. The summed E-state index contributed by atoms with van der Waals surface area (Å²) in [5, 5.41) is 3.20. The van der Waals surface area contributed by atoms with Crippen LogP contribution in [-0.4, -0.2) is 6.54 Å². The molecule has 0 aliphatic carbocycles. The van der Waals surface area contributed by atoms with Crippen LogP contribution in [0, 0.1) is 19.7 Å². The summed E-state index contributed by atoms with van der Waals surface area (Å²) in [6.45, 7) is 7.61. The van der Waals surface area contributed by atoms with Gasteiger partial charge in [0.15, 0.2) is 0 Å². The lowest BCUT2D eigenvalue weighted by Crippen LogP contribution is -2.13. The van der Waals surface area contributed by atoms with E-state index in [-0.39, 0.29) is 5.82 Å². The summed E-state index contributed by atoms with van der Waals surface area (Å²) in [5.74, 6) is -0.138. The lowest BCUT2D eigenvalue weighted by Gasteiger charge is -2.12. The molecule has 0 amide bonds. The van der Waals surface area contributed by atoms with Crippen molar-refractivity contribution in [2.45, 2.75) is 37.1 Å². The van der Waals surface area contributed by atoms with E-state index in [1.807, 2.05) is 13.0 Å². The fourth-order valence-corrected chi connectivity index (χ4v) is 3.12. The van der Waals surface area contributed by atoms with Gasteiger partial charge >= 0.3 is 0 Å². The Morgan fingerprint density at radius 1 is 1.10 bits per heavy atom. The summed E-state index contributed by atoms with van der Waals surface area (Å²) in [4.78, 5) is 2.16. The van der Waals surface area contributed by atoms with E-state index in [1.165, 1.54) is 22.1 Å². The van der Waals surface area contributed by atoms with E-state index in [9.17, 15) is 4.39 Å². The van der Waals surface area contributed by atoms with Crippen LogP contribution >= 0.6 is 11.8 Å². The second-order valence-electron chi connectivity index (χ2n) is 4.87. The van der Waals surface area contributed by atoms with Gasteiger partial charge in [0.2, 0.25) is 0 Å². The van der Waals surface area contributed by atoms with Crippen LogP contribution in [0.4, 0.5) is 4.39 Å². The predicted molar refractivity (Wildman–Crippen MR) is 83.8 cm³/mol. The van der Waals surface area contributed by atoms with Crippen LogP contribution in [-0.2, 0) is 6.54 Å². The zero-order valence-electron chi connectivity index (χ0n) is 12.2. The van der Waals surface area contributed by atoms with E-state index >= 15 is 0 Å². The van der Waals surface area contributed by atoms with Crippen molar-refractivity contribution in [1.29, 1.82) is 0 Å². The molecular weight excluding hydrogens is 269 g/mol. The van der Waals surface area contributed by atoms with Crippen LogP contribution in [0.1, 0.15) is 23.6 Å². The van der Waals surface area contributed by atoms with E-state index in [1.54, 1.807) is 17.8 Å². The molecule has 0 bridgehead atoms. The van der Waals surface area contributed by atoms with Gasteiger partial charge in [0.25, 0.3) is 0 Å². The highest BCUT2D eigenvalue weighted by Crippen LogP contribution is 2.33. The van der Waals surface area contributed by atoms with Crippen LogP contribution in [0.25, 0.3) is 0 Å². The maximum Gasteiger partial charge on any atom is 0.128 e. The third-order valence-electron chi connectivity index (χ3n) is 3.18. The summed E-state index contributed by atoms with van der Waals surface area (Å²) in [7, 11) is 0. The zero-order chi connectivity index (χ0) is 14.5. The molecule has 0 atom stereocenters. The molecule has 0 heterocycles. The van der Waals surface area contributed by atoms with Crippen molar-refractivity contribution in [3.05, 3.63) is 58.9 Å². The Balaban J connectivity index is 2.30. The monoisotopic (exact) mass is 289 g/mol. The quantitative estimate of drug-likeness (QED) is 0.856. The lowest BCUT2D eigenvalue weighted by molar-refractivity contribution is 0.586. The van der Waals surface area contributed by atoms with Crippen LogP contribution in [0.3, 0.4) is 0 Å². The molecule has 0 unspecified atom stereocenters. The fourth-order valence-electron chi connectivity index (χ4n) is 2.09. The SMILES string of the molecule is CCNCc1c(F)cccc1Sc1ccc(C)cc1C. The highest BCUT2D eigenvalue weighted by Gasteiger charge is 2.10. The first kappa shape index (κ1) is 15.1. The lowest BCUT2D eigenvalue weighted by atomic mass is 10.2. The fraction of sp³-hybridized carbons (Fsp3) is 0.294. The van der Waals surface area contributed by atoms with Crippen molar-refractivity contribution in [1.82, 2.24) is 5.32 Å². The van der Waals surface area contributed by atoms with Gasteiger partial charge < -0.3 is 5.32 Å². The van der Waals surface area contributed by atoms with E-state index < -0.39 is 0 Å². The molecule has 0 saturated heterocycles. The molecule has 2 aromatic rings. The summed E-state index contributed by atoms with van der Waals surface area (Å²) < 4.78 is 14.0. The van der Waals surface area contributed by atoms with Crippen LogP contribution in [0.2, 0.25) is 0 Å². The number of nitrogens with one attached hydrogen (secondary N) is 1. The topological polar surface area (TPSA) is 12.0 Å². The molecule has 1 nitrogen and oxygen atoms in total. The summed E-state index contributed by atoms with van der Waals surface area (Å²) in [6, 6.07) is 11.6. The average Bonchev–Trinajstić information content (AvgIpc) is 2.41. The van der Waals surface area contributed by atoms with Crippen LogP contribution in [0.5, 0.6) is 0 Å². The first-order valence-electron chi connectivity index (χ1n) is 6.85. The molecule has 0 spiro atoms. The predicted octanol–water partition coefficient (Wildman–Crippen LogP) is 4.70. The molecule has 0 aliphatic heterocycles. The van der Waals surface area contributed by atoms with Gasteiger partial charge in [-0.15, -0.1) is 0 Å². The first-order chi connectivity index (χ1) is 9.61. The Morgan fingerprint density at radius 3 is 2.60 bits per heavy atom. The van der Waals surface area contributed by atoms with Crippen molar-refractivity contribution in [2.24, 2.45) is 0 Å². The Labute approximate surface area is 124 Å². The molecular formula is C17H20FNS. The summed E-state index contributed by atoms with van der Waals surface area (Å²) in [6.07, 6.45) is 0. The van der Waals surface area contributed by atoms with Crippen molar-refractivity contribution in [3.8, 4) is 0 Å².